The zero-order chi connectivity index (χ0) is 19.9. The molecule has 1 nitrogen and oxygen atoms in total. The zero-order valence-corrected chi connectivity index (χ0v) is 18.1. The highest BCUT2D eigenvalue weighted by atomic mass is 14.9. The quantitative estimate of drug-likeness (QED) is 0.514. The van der Waals surface area contributed by atoms with E-state index in [1.807, 2.05) is 0 Å². The van der Waals surface area contributed by atoms with Gasteiger partial charge in [-0.25, -0.2) is 0 Å². The van der Waals surface area contributed by atoms with E-state index in [0.29, 0.717) is 5.92 Å². The van der Waals surface area contributed by atoms with Crippen molar-refractivity contribution in [3.63, 3.8) is 0 Å². The molecule has 0 amide bonds. The van der Waals surface area contributed by atoms with E-state index in [-0.39, 0.29) is 0 Å². The minimum absolute atomic E-state index is 0.717. The predicted molar refractivity (Wildman–Crippen MR) is 126 cm³/mol. The number of fused-ring (bicyclic) bond motifs is 4. The van der Waals surface area contributed by atoms with Crippen molar-refractivity contribution in [2.75, 3.05) is 13.1 Å². The molecule has 8 bridgehead atoms. The topological polar surface area (TPSA) is 12.0 Å². The smallest absolute Gasteiger partial charge is 0.00460 e. The molecule has 0 saturated carbocycles. The number of allylic oxidation sites excluding steroid dienone is 16. The Morgan fingerprint density at radius 2 is 0.933 bits per heavy atom. The highest BCUT2D eigenvalue weighted by Gasteiger charge is 2.30. The van der Waals surface area contributed by atoms with E-state index in [9.17, 15) is 0 Å². The van der Waals surface area contributed by atoms with Gasteiger partial charge in [0.2, 0.25) is 0 Å². The van der Waals surface area contributed by atoms with Gasteiger partial charge in [-0.05, 0) is 127 Å². The molecule has 154 valence electrons. The summed E-state index contributed by atoms with van der Waals surface area (Å²) in [6.07, 6.45) is 31.1. The van der Waals surface area contributed by atoms with Gasteiger partial charge >= 0.3 is 0 Å². The summed E-state index contributed by atoms with van der Waals surface area (Å²) in [4.78, 5) is 0. The van der Waals surface area contributed by atoms with Crippen LogP contribution in [0.25, 0.3) is 0 Å². The van der Waals surface area contributed by atoms with Crippen LogP contribution in [0.3, 0.4) is 0 Å². The molecule has 6 rings (SSSR count). The Kier molecular flexibility index (Phi) is 4.88. The van der Waals surface area contributed by atoms with Gasteiger partial charge < -0.3 is 5.32 Å². The standard InChI is InChI=1S/C29H33N/c1-2-21-11-20(1)12-22-3-4-24(14-22)16-26-18-28(17-25-6-5-23(13-21)15-25)29(19-26)27-7-9-30-10-8-27/h11-18,27,29-30H,1-10,19H2/b20-12?,21-13-,22-12-,23-13?,24-16?,25-17-,26-16+,28-17?/t29-/m1/s1. The van der Waals surface area contributed by atoms with Crippen LogP contribution in [0.4, 0.5) is 0 Å². The lowest BCUT2D eigenvalue weighted by Crippen LogP contribution is -2.31. The van der Waals surface area contributed by atoms with Crippen molar-refractivity contribution in [2.24, 2.45) is 11.8 Å². The van der Waals surface area contributed by atoms with Gasteiger partial charge in [-0.3, -0.25) is 0 Å². The van der Waals surface area contributed by atoms with Crippen molar-refractivity contribution in [3.8, 4) is 0 Å². The summed E-state index contributed by atoms with van der Waals surface area (Å²) in [6.45, 7) is 2.38. The first kappa shape index (κ1) is 18.6. The van der Waals surface area contributed by atoms with Crippen LogP contribution in [-0.4, -0.2) is 13.1 Å². The van der Waals surface area contributed by atoms with Gasteiger partial charge in [0, 0.05) is 0 Å². The Hall–Kier alpha value is -2.12. The van der Waals surface area contributed by atoms with Crippen LogP contribution >= 0.6 is 0 Å². The van der Waals surface area contributed by atoms with E-state index in [1.54, 1.807) is 16.7 Å². The van der Waals surface area contributed by atoms with Crippen LogP contribution in [0.5, 0.6) is 0 Å². The third-order valence-corrected chi connectivity index (χ3v) is 7.87. The van der Waals surface area contributed by atoms with Crippen LogP contribution in [0.2, 0.25) is 0 Å². The molecular formula is C29H33N. The molecule has 0 spiro atoms. The van der Waals surface area contributed by atoms with E-state index in [2.05, 4.69) is 53.9 Å². The SMILES string of the molecule is C1=C2/C=C3C=C(/C=C4C=C(/C=C5C=C(/C=C1/CC2)CC\5)[C@@H](C1CCNCC1)C\4)CC\3. The number of piperidine rings is 1. The van der Waals surface area contributed by atoms with Crippen LogP contribution in [0.15, 0.2) is 93.2 Å². The lowest BCUT2D eigenvalue weighted by atomic mass is 9.80. The van der Waals surface area contributed by atoms with E-state index >= 15 is 0 Å². The Balaban J connectivity index is 1.40. The molecule has 0 radical (unpaired) electrons. The summed E-state index contributed by atoms with van der Waals surface area (Å²) in [5.41, 5.74) is 12.4. The van der Waals surface area contributed by atoms with Crippen LogP contribution < -0.4 is 5.32 Å². The second kappa shape index (κ2) is 7.85. The van der Waals surface area contributed by atoms with Crippen molar-refractivity contribution in [1.82, 2.24) is 5.32 Å². The Morgan fingerprint density at radius 3 is 1.43 bits per heavy atom. The maximum Gasteiger partial charge on any atom is -0.00460 e. The van der Waals surface area contributed by atoms with Crippen molar-refractivity contribution in [3.05, 3.63) is 93.2 Å². The van der Waals surface area contributed by atoms with Gasteiger partial charge in [0.1, 0.15) is 0 Å². The number of hydrogen-bond acceptors (Lipinski definition) is 1. The number of hydrogen-bond donors (Lipinski definition) is 1. The number of nitrogens with one attached hydrogen (secondary N) is 1. The molecule has 1 aliphatic heterocycles. The molecule has 0 aromatic heterocycles. The molecule has 1 saturated heterocycles. The van der Waals surface area contributed by atoms with Gasteiger partial charge in [0.25, 0.3) is 0 Å². The minimum atomic E-state index is 0.717. The predicted octanol–water partition coefficient (Wildman–Crippen LogP) is 6.81. The molecular weight excluding hydrogens is 362 g/mol. The van der Waals surface area contributed by atoms with Gasteiger partial charge in [-0.1, -0.05) is 48.6 Å². The molecule has 1 heteroatoms. The van der Waals surface area contributed by atoms with Gasteiger partial charge in [-0.15, -0.1) is 0 Å². The maximum atomic E-state index is 3.56. The lowest BCUT2D eigenvalue weighted by molar-refractivity contribution is 0.296. The van der Waals surface area contributed by atoms with Gasteiger partial charge in [0.15, 0.2) is 0 Å². The molecule has 0 unspecified atom stereocenters. The monoisotopic (exact) mass is 395 g/mol. The fraction of sp³-hybridized carbons (Fsp3) is 0.448. The third-order valence-electron chi connectivity index (χ3n) is 7.87. The zero-order valence-electron chi connectivity index (χ0n) is 18.1. The first-order valence-electron chi connectivity index (χ1n) is 12.1. The van der Waals surface area contributed by atoms with Gasteiger partial charge in [-0.2, -0.15) is 0 Å². The maximum absolute atomic E-state index is 3.56. The van der Waals surface area contributed by atoms with E-state index < -0.39 is 0 Å². The van der Waals surface area contributed by atoms with Crippen molar-refractivity contribution >= 4 is 0 Å². The largest absolute Gasteiger partial charge is 0.317 e. The summed E-state index contributed by atoms with van der Waals surface area (Å²) in [7, 11) is 0. The van der Waals surface area contributed by atoms with Crippen LogP contribution in [-0.2, 0) is 0 Å². The Morgan fingerprint density at radius 1 is 0.500 bits per heavy atom. The minimum Gasteiger partial charge on any atom is -0.317 e. The van der Waals surface area contributed by atoms with Crippen molar-refractivity contribution in [2.45, 2.75) is 57.8 Å². The third kappa shape index (κ3) is 3.81. The van der Waals surface area contributed by atoms with E-state index in [1.165, 1.54) is 98.7 Å². The fourth-order valence-corrected chi connectivity index (χ4v) is 6.31. The van der Waals surface area contributed by atoms with E-state index in [0.717, 1.165) is 5.92 Å². The summed E-state index contributed by atoms with van der Waals surface area (Å²) in [6, 6.07) is 0. The first-order chi connectivity index (χ1) is 14.8. The van der Waals surface area contributed by atoms with Crippen molar-refractivity contribution in [1.29, 1.82) is 0 Å². The molecule has 30 heavy (non-hydrogen) atoms. The second-order valence-electron chi connectivity index (χ2n) is 10.1. The van der Waals surface area contributed by atoms with Crippen molar-refractivity contribution < 1.29 is 0 Å². The Labute approximate surface area is 181 Å². The summed E-state index contributed by atoms with van der Waals surface area (Å²) in [5.74, 6) is 1.55. The summed E-state index contributed by atoms with van der Waals surface area (Å²) in [5, 5.41) is 3.56. The second-order valence-corrected chi connectivity index (χ2v) is 10.1. The fourth-order valence-electron chi connectivity index (χ4n) is 6.31. The molecule has 1 heterocycles. The highest BCUT2D eigenvalue weighted by Crippen LogP contribution is 2.42. The molecule has 0 aromatic rings. The molecule has 1 atom stereocenters. The van der Waals surface area contributed by atoms with Crippen LogP contribution in [0, 0.1) is 11.8 Å². The van der Waals surface area contributed by atoms with Gasteiger partial charge in [0.05, 0.1) is 0 Å². The normalized spacial score (nSPS) is 35.8. The molecule has 1 N–H and O–H groups in total. The molecule has 5 aliphatic carbocycles. The molecule has 0 aromatic carbocycles. The summed E-state index contributed by atoms with van der Waals surface area (Å²) >= 11 is 0. The first-order valence-corrected chi connectivity index (χ1v) is 12.1. The highest BCUT2D eigenvalue weighted by molar-refractivity contribution is 5.52. The Bertz CT molecular complexity index is 995. The summed E-state index contributed by atoms with van der Waals surface area (Å²) < 4.78 is 0. The number of rotatable bonds is 1. The van der Waals surface area contributed by atoms with Crippen LogP contribution in [0.1, 0.15) is 57.8 Å². The van der Waals surface area contributed by atoms with E-state index in [4.69, 9.17) is 0 Å². The molecule has 6 aliphatic rings. The average molecular weight is 396 g/mol. The average Bonchev–Trinajstić information content (AvgIpc) is 3.53. The lowest BCUT2D eigenvalue weighted by Gasteiger charge is -2.29. The molecule has 1 fully saturated rings.